The van der Waals surface area contributed by atoms with E-state index in [0.29, 0.717) is 11.6 Å². The lowest BCUT2D eigenvalue weighted by molar-refractivity contribution is -0.750. The second kappa shape index (κ2) is 5.21. The minimum absolute atomic E-state index is 0.0376. The first-order valence-electron chi connectivity index (χ1n) is 7.02. The molecule has 1 unspecified atom stereocenters. The summed E-state index contributed by atoms with van der Waals surface area (Å²) in [6.07, 6.45) is 5.16. The number of quaternary nitrogens is 1. The van der Waals surface area contributed by atoms with Crippen LogP contribution in [0.4, 0.5) is 0 Å². The van der Waals surface area contributed by atoms with Crippen LogP contribution in [0.15, 0.2) is 63.4 Å². The Morgan fingerprint density at radius 1 is 1.35 bits per heavy atom. The van der Waals surface area contributed by atoms with Gasteiger partial charge in [-0.05, 0) is 12.1 Å². The molecule has 2 aliphatic rings. The molecule has 0 saturated carbocycles. The van der Waals surface area contributed by atoms with Crippen LogP contribution in [-0.2, 0) is 0 Å². The summed E-state index contributed by atoms with van der Waals surface area (Å²) in [5.74, 6) is 7.59. The van der Waals surface area contributed by atoms with Crippen molar-refractivity contribution in [3.05, 3.63) is 59.2 Å². The summed E-state index contributed by atoms with van der Waals surface area (Å²) < 4.78 is -0.0376. The zero-order valence-corrected chi connectivity index (χ0v) is 12.9. The molecule has 0 aliphatic carbocycles. The molecule has 4 rings (SSSR count). The number of H-pyrrole nitrogens is 1. The standard InChI is InChI=1S/C16H13N6S/c17-5-8-23-16-14-10-19-6-7-22(14,18)15(21-16)13-9-11-3-1-2-4-12(11)20-13/h1-4,6-7,9-10,20H,8,18H2/q+1. The first-order chi connectivity index (χ1) is 11.2. The summed E-state index contributed by atoms with van der Waals surface area (Å²) in [7, 11) is 0. The third-order valence-corrected chi connectivity index (χ3v) is 4.65. The van der Waals surface area contributed by atoms with Gasteiger partial charge in [-0.25, -0.2) is 0 Å². The number of aromatic amines is 1. The van der Waals surface area contributed by atoms with Crippen LogP contribution in [0.25, 0.3) is 10.9 Å². The van der Waals surface area contributed by atoms with Crippen LogP contribution in [-0.4, -0.2) is 27.4 Å². The zero-order valence-electron chi connectivity index (χ0n) is 12.1. The van der Waals surface area contributed by atoms with Gasteiger partial charge in [-0.2, -0.15) is 16.1 Å². The second-order valence-corrected chi connectivity index (χ2v) is 6.16. The molecule has 1 atom stereocenters. The monoisotopic (exact) mass is 321 g/mol. The Balaban J connectivity index is 1.84. The van der Waals surface area contributed by atoms with Gasteiger partial charge in [0.15, 0.2) is 5.03 Å². The van der Waals surface area contributed by atoms with E-state index in [2.05, 4.69) is 21.0 Å². The number of nitriles is 1. The van der Waals surface area contributed by atoms with Gasteiger partial charge in [0.1, 0.15) is 11.9 Å². The molecular formula is C16H13N6S+. The average molecular weight is 321 g/mol. The van der Waals surface area contributed by atoms with Crippen LogP contribution in [0.3, 0.4) is 0 Å². The Labute approximate surface area is 136 Å². The van der Waals surface area contributed by atoms with Crippen molar-refractivity contribution in [3.8, 4) is 6.07 Å². The van der Waals surface area contributed by atoms with E-state index in [-0.39, 0.29) is 4.59 Å². The summed E-state index contributed by atoms with van der Waals surface area (Å²) in [5, 5.41) is 10.7. The van der Waals surface area contributed by atoms with Gasteiger partial charge >= 0.3 is 0 Å². The molecule has 0 bridgehead atoms. The smallest absolute Gasteiger partial charge is 0.282 e. The molecule has 112 valence electrons. The summed E-state index contributed by atoms with van der Waals surface area (Å²) in [6, 6.07) is 12.2. The second-order valence-electron chi connectivity index (χ2n) is 5.20. The van der Waals surface area contributed by atoms with Crippen molar-refractivity contribution in [1.29, 1.82) is 5.26 Å². The fourth-order valence-corrected chi connectivity index (χ4v) is 3.43. The van der Waals surface area contributed by atoms with E-state index < -0.39 is 0 Å². The highest BCUT2D eigenvalue weighted by Crippen LogP contribution is 2.36. The number of thioether (sulfide) groups is 1. The Morgan fingerprint density at radius 3 is 3.04 bits per heavy atom. The highest BCUT2D eigenvalue weighted by Gasteiger charge is 2.44. The molecular weight excluding hydrogens is 308 g/mol. The predicted octanol–water partition coefficient (Wildman–Crippen LogP) is 2.60. The van der Waals surface area contributed by atoms with Gasteiger partial charge in [-0.3, -0.25) is 4.99 Å². The number of para-hydroxylation sites is 1. The largest absolute Gasteiger partial charge is 0.349 e. The average Bonchev–Trinajstić information content (AvgIpc) is 3.11. The van der Waals surface area contributed by atoms with E-state index in [1.165, 1.54) is 11.8 Å². The molecule has 2 aromatic rings. The maximum absolute atomic E-state index is 8.83. The summed E-state index contributed by atoms with van der Waals surface area (Å²) in [6.45, 7) is 0. The number of aliphatic imine (C=N–C) groups is 2. The molecule has 0 amide bonds. The zero-order chi connectivity index (χ0) is 15.9. The molecule has 0 fully saturated rings. The number of aromatic nitrogens is 1. The highest BCUT2D eigenvalue weighted by molar-refractivity contribution is 8.03. The SMILES string of the molecule is N#CCSC1=C2C=NC=C[N+]2(N)C(c2cc3ccccc3[nH]2)=N1. The Bertz CT molecular complexity index is 925. The number of hydrogen-bond donors (Lipinski definition) is 2. The number of nitrogens with zero attached hydrogens (tertiary/aromatic N) is 4. The first kappa shape index (κ1) is 14.0. The van der Waals surface area contributed by atoms with Crippen LogP contribution in [0, 0.1) is 11.3 Å². The normalized spacial score (nSPS) is 22.3. The third-order valence-electron chi connectivity index (χ3n) is 3.80. The van der Waals surface area contributed by atoms with Crippen molar-refractivity contribution in [2.24, 2.45) is 15.8 Å². The minimum atomic E-state index is -0.0376. The molecule has 3 N–H and O–H groups in total. The van der Waals surface area contributed by atoms with Crippen molar-refractivity contribution in [2.75, 3.05) is 5.75 Å². The maximum Gasteiger partial charge on any atom is 0.282 e. The van der Waals surface area contributed by atoms with Crippen molar-refractivity contribution >= 4 is 34.7 Å². The Morgan fingerprint density at radius 2 is 2.22 bits per heavy atom. The fraction of sp³-hybridized carbons (Fsp3) is 0.0625. The number of hydrogen-bond acceptors (Lipinski definition) is 5. The van der Waals surface area contributed by atoms with Crippen molar-refractivity contribution < 1.29 is 4.59 Å². The number of nitrogens with one attached hydrogen (secondary N) is 1. The van der Waals surface area contributed by atoms with Crippen LogP contribution >= 0.6 is 11.8 Å². The summed E-state index contributed by atoms with van der Waals surface area (Å²) >= 11 is 1.37. The number of nitrogens with two attached hydrogens (primary N) is 1. The predicted molar refractivity (Wildman–Crippen MR) is 92.0 cm³/mol. The lowest BCUT2D eigenvalue weighted by Crippen LogP contribution is -2.53. The van der Waals surface area contributed by atoms with Gasteiger partial charge < -0.3 is 4.98 Å². The lowest BCUT2D eigenvalue weighted by atomic mass is 10.2. The molecule has 0 spiro atoms. The summed E-state index contributed by atoms with van der Waals surface area (Å²) in [5.41, 5.74) is 2.67. The van der Waals surface area contributed by atoms with E-state index >= 15 is 0 Å². The van der Waals surface area contributed by atoms with E-state index in [1.54, 1.807) is 18.6 Å². The van der Waals surface area contributed by atoms with E-state index in [0.717, 1.165) is 27.3 Å². The lowest BCUT2D eigenvalue weighted by Gasteiger charge is -2.25. The molecule has 0 saturated heterocycles. The minimum Gasteiger partial charge on any atom is -0.349 e. The fourth-order valence-electron chi connectivity index (χ4n) is 2.73. The molecule has 0 radical (unpaired) electrons. The molecule has 6 nitrogen and oxygen atoms in total. The van der Waals surface area contributed by atoms with Gasteiger partial charge in [-0.15, -0.1) is 4.59 Å². The van der Waals surface area contributed by atoms with Gasteiger partial charge in [0.2, 0.25) is 5.70 Å². The van der Waals surface area contributed by atoms with Crippen molar-refractivity contribution in [2.45, 2.75) is 0 Å². The van der Waals surface area contributed by atoms with Crippen LogP contribution < -0.4 is 5.84 Å². The first-order valence-corrected chi connectivity index (χ1v) is 8.01. The van der Waals surface area contributed by atoms with Gasteiger partial charge in [-0.1, -0.05) is 30.0 Å². The van der Waals surface area contributed by atoms with E-state index in [4.69, 9.17) is 11.1 Å². The topological polar surface area (TPSA) is 90.3 Å². The quantitative estimate of drug-likeness (QED) is 0.672. The molecule has 2 aliphatic heterocycles. The van der Waals surface area contributed by atoms with Gasteiger partial charge in [0.25, 0.3) is 5.84 Å². The van der Waals surface area contributed by atoms with Crippen LogP contribution in [0.2, 0.25) is 0 Å². The van der Waals surface area contributed by atoms with Crippen molar-refractivity contribution in [3.63, 3.8) is 0 Å². The third kappa shape index (κ3) is 2.12. The molecule has 3 heterocycles. The summed E-state index contributed by atoms with van der Waals surface area (Å²) in [4.78, 5) is 12.2. The van der Waals surface area contributed by atoms with Gasteiger partial charge in [0.05, 0.1) is 24.2 Å². The molecule has 23 heavy (non-hydrogen) atoms. The Hall–Kier alpha value is -2.66. The molecule has 1 aromatic heterocycles. The highest BCUT2D eigenvalue weighted by atomic mass is 32.2. The maximum atomic E-state index is 8.83. The Kier molecular flexibility index (Phi) is 3.16. The van der Waals surface area contributed by atoms with E-state index in [9.17, 15) is 0 Å². The number of fused-ring (bicyclic) bond motifs is 2. The van der Waals surface area contributed by atoms with Crippen LogP contribution in [0.1, 0.15) is 5.69 Å². The van der Waals surface area contributed by atoms with Crippen LogP contribution in [0.5, 0.6) is 0 Å². The number of rotatable bonds is 3. The molecule has 7 heteroatoms. The number of amidine groups is 1. The van der Waals surface area contributed by atoms with Crippen molar-refractivity contribution in [1.82, 2.24) is 4.98 Å². The van der Waals surface area contributed by atoms with E-state index in [1.807, 2.05) is 30.3 Å². The van der Waals surface area contributed by atoms with Gasteiger partial charge in [0, 0.05) is 10.9 Å². The number of allylic oxidation sites excluding steroid dienone is 1. The number of benzene rings is 1. The molecule has 1 aromatic carbocycles.